The van der Waals surface area contributed by atoms with Gasteiger partial charge < -0.3 is 0 Å². The van der Waals surface area contributed by atoms with E-state index in [1.54, 1.807) is 0 Å². The van der Waals surface area contributed by atoms with Gasteiger partial charge in [0, 0.05) is 0 Å². The molecule has 0 spiro atoms. The van der Waals surface area contributed by atoms with Crippen molar-refractivity contribution in [1.29, 1.82) is 0 Å². The molecule has 0 bridgehead atoms. The number of benzene rings is 8. The van der Waals surface area contributed by atoms with Crippen LogP contribution in [0.5, 0.6) is 0 Å². The van der Waals surface area contributed by atoms with Crippen molar-refractivity contribution in [2.45, 2.75) is 61.9 Å². The zero-order valence-electron chi connectivity index (χ0n) is 40.6. The normalized spacial score (nSPS) is 16.4. The van der Waals surface area contributed by atoms with Crippen molar-refractivity contribution in [1.82, 2.24) is 0 Å². The number of hydrogen-bond acceptors (Lipinski definition) is 0. The van der Waals surface area contributed by atoms with E-state index in [2.05, 4.69) is 261 Å². The van der Waals surface area contributed by atoms with Crippen LogP contribution < -0.4 is 0 Å². The Morgan fingerprint density at radius 2 is 0.632 bits per heavy atom. The van der Waals surface area contributed by atoms with Gasteiger partial charge in [-0.3, -0.25) is 0 Å². The van der Waals surface area contributed by atoms with Crippen molar-refractivity contribution < 1.29 is 15.6 Å². The van der Waals surface area contributed by atoms with Gasteiger partial charge in [-0.15, -0.1) is 0 Å². The fourth-order valence-corrected chi connectivity index (χ4v) is 43.1. The van der Waals surface area contributed by atoms with E-state index in [0.717, 1.165) is 0 Å². The average Bonchev–Trinajstić information content (AvgIpc) is 3.97. The van der Waals surface area contributed by atoms with Gasteiger partial charge in [0.25, 0.3) is 0 Å². The molecule has 10 rings (SSSR count). The third-order valence-corrected chi connectivity index (χ3v) is 66.6. The van der Waals surface area contributed by atoms with Gasteiger partial charge in [-0.05, 0) is 0 Å². The Labute approximate surface area is 414 Å². The first-order valence-electron chi connectivity index (χ1n) is 24.3. The molecule has 68 heavy (non-hydrogen) atoms. The van der Waals surface area contributed by atoms with Crippen molar-refractivity contribution in [3.8, 4) is 66.8 Å². The van der Waals surface area contributed by atoms with Crippen LogP contribution in [-0.4, -0.2) is 5.92 Å². The summed E-state index contributed by atoms with van der Waals surface area (Å²) in [5.74, 6) is -1.94. The molecule has 2 aliphatic rings. The van der Waals surface area contributed by atoms with E-state index in [1.165, 1.54) is 100 Å². The van der Waals surface area contributed by atoms with Crippen LogP contribution in [0.25, 0.3) is 78.9 Å². The molecule has 8 aromatic rings. The Morgan fingerprint density at radius 1 is 0.353 bits per heavy atom. The Bertz CT molecular complexity index is 3030. The van der Waals surface area contributed by atoms with E-state index in [1.807, 2.05) is 0 Å². The summed E-state index contributed by atoms with van der Waals surface area (Å²) in [7, 11) is 18.6. The molecule has 2 atom stereocenters. The third-order valence-electron chi connectivity index (χ3n) is 15.1. The SMILES string of the molecule is C[SiH](C)[Zr]([Cl])([Cl])([CH]1C(C(C)(C)C)=Cc2c1ccc(-c1ccccc1)c2-c1ccccc1-c1ccccc1)[CH]1C(C(C)(C)C)=Cc2c1ccc(-c1ccccc1)c2-c1ccccc1-c1ccccc1. The molecule has 0 saturated heterocycles. The van der Waals surface area contributed by atoms with Gasteiger partial charge in [0.05, 0.1) is 0 Å². The average molecular weight is 1020 g/mol. The van der Waals surface area contributed by atoms with Gasteiger partial charge in [-0.25, -0.2) is 0 Å². The molecule has 339 valence electrons. The Morgan fingerprint density at radius 3 is 0.926 bits per heavy atom. The maximum absolute atomic E-state index is 9.32. The zero-order valence-corrected chi connectivity index (χ0v) is 45.7. The van der Waals surface area contributed by atoms with Crippen molar-refractivity contribution >= 4 is 35.1 Å². The molecular weight excluding hydrogens is 959 g/mol. The Kier molecular flexibility index (Phi) is 12.1. The van der Waals surface area contributed by atoms with Gasteiger partial charge in [0.15, 0.2) is 0 Å². The van der Waals surface area contributed by atoms with Crippen molar-refractivity contribution in [2.75, 3.05) is 0 Å². The number of fused-ring (bicyclic) bond motifs is 2. The van der Waals surface area contributed by atoms with Crippen LogP contribution in [0.15, 0.2) is 205 Å². The van der Waals surface area contributed by atoms with Crippen LogP contribution in [0.4, 0.5) is 0 Å². The maximum atomic E-state index is 9.32. The van der Waals surface area contributed by atoms with E-state index in [-0.39, 0.29) is 18.1 Å². The predicted octanol–water partition coefficient (Wildman–Crippen LogP) is 19.3. The molecule has 8 aromatic carbocycles. The summed E-state index contributed by atoms with van der Waals surface area (Å²) in [5, 5.41) is 0. The summed E-state index contributed by atoms with van der Waals surface area (Å²) in [4.78, 5) is 0. The van der Waals surface area contributed by atoms with Crippen LogP contribution in [0.2, 0.25) is 13.1 Å². The predicted molar refractivity (Wildman–Crippen MR) is 296 cm³/mol. The molecule has 0 aliphatic heterocycles. The van der Waals surface area contributed by atoms with E-state index >= 15 is 0 Å². The fourth-order valence-electron chi connectivity index (χ4n) is 11.7. The summed E-state index contributed by atoms with van der Waals surface area (Å²) >= 11 is -5.40. The fraction of sp³-hybridized carbons (Fsp3) is 0.188. The monoisotopic (exact) mass is 1020 g/mol. The quantitative estimate of drug-likeness (QED) is 0.126. The van der Waals surface area contributed by atoms with Crippen LogP contribution in [0, 0.1) is 10.8 Å². The first-order chi connectivity index (χ1) is 32.6. The van der Waals surface area contributed by atoms with Crippen LogP contribution in [0.1, 0.15) is 71.0 Å². The summed E-state index contributed by atoms with van der Waals surface area (Å²) in [6.45, 7) is 19.3. The molecule has 0 saturated carbocycles. The van der Waals surface area contributed by atoms with Gasteiger partial charge >= 0.3 is 418 Å². The first-order valence-corrected chi connectivity index (χ1v) is 40.6. The van der Waals surface area contributed by atoms with E-state index in [0.29, 0.717) is 0 Å². The minimum atomic E-state index is -5.40. The van der Waals surface area contributed by atoms with Crippen molar-refractivity contribution in [2.24, 2.45) is 10.8 Å². The second-order valence-corrected chi connectivity index (χ2v) is 64.0. The molecule has 0 heterocycles. The summed E-state index contributed by atoms with van der Waals surface area (Å²) in [6.07, 6.45) is 5.10. The molecule has 0 N–H and O–H groups in total. The van der Waals surface area contributed by atoms with Crippen molar-refractivity contribution in [3.63, 3.8) is 0 Å². The van der Waals surface area contributed by atoms with Gasteiger partial charge in [-0.1, -0.05) is 0 Å². The van der Waals surface area contributed by atoms with Gasteiger partial charge in [-0.2, -0.15) is 0 Å². The van der Waals surface area contributed by atoms with Gasteiger partial charge in [0.2, 0.25) is 0 Å². The van der Waals surface area contributed by atoms with Crippen LogP contribution >= 0.6 is 17.0 Å². The molecule has 0 radical (unpaired) electrons. The molecule has 2 aliphatic carbocycles. The minimum absolute atomic E-state index is 0.107. The van der Waals surface area contributed by atoms with Crippen LogP contribution in [0.3, 0.4) is 0 Å². The number of halogens is 2. The van der Waals surface area contributed by atoms with E-state index < -0.39 is 21.5 Å². The standard InChI is InChI=1S/2C31H27.C2H7Si.2ClH.Zr/c2*1-31(2,3)25-20-24-18-19-27(23-14-8-5-9-15-23)30(29(24)21-25)28-17-11-10-16-26(28)22-12-6-4-7-13-22;1-3-2;;;/h2*4-21H,1-3H3;3H,1-2H3;2*1H;/q;;;;;+2/p-2. The molecule has 0 amide bonds. The Hall–Kier alpha value is -5.08. The molecular formula is C64H61Cl2SiZr. The van der Waals surface area contributed by atoms with E-state index in [9.17, 15) is 17.0 Å². The third kappa shape index (κ3) is 7.85. The number of allylic oxidation sites excluding steroid dienone is 2. The van der Waals surface area contributed by atoms with E-state index in [4.69, 9.17) is 0 Å². The van der Waals surface area contributed by atoms with Crippen molar-refractivity contribution in [3.05, 3.63) is 228 Å². The summed E-state index contributed by atoms with van der Waals surface area (Å²) in [6, 6.07) is 71.1. The topological polar surface area (TPSA) is 0 Å². The molecule has 0 aromatic heterocycles. The zero-order chi connectivity index (χ0) is 47.6. The second-order valence-electron chi connectivity index (χ2n) is 21.5. The Balaban J connectivity index is 1.28. The first kappa shape index (κ1) is 46.6. The number of hydrogen-bond donors (Lipinski definition) is 0. The summed E-state index contributed by atoms with van der Waals surface area (Å²) < 4.78 is -0.214. The molecule has 0 fully saturated rings. The van der Waals surface area contributed by atoms with Crippen LogP contribution in [-0.2, 0) is 15.6 Å². The second kappa shape index (κ2) is 17.7. The number of rotatable bonds is 9. The molecule has 0 nitrogen and oxygen atoms in total. The van der Waals surface area contributed by atoms with Gasteiger partial charge in [0.1, 0.15) is 0 Å². The summed E-state index contributed by atoms with van der Waals surface area (Å²) in [5.41, 5.74) is 22.0. The molecule has 2 unspecified atom stereocenters. The molecule has 4 heteroatoms.